The highest BCUT2D eigenvalue weighted by atomic mass is 16.5. The second kappa shape index (κ2) is 10.6. The van der Waals surface area contributed by atoms with E-state index in [2.05, 4.69) is 22.5 Å². The molecular weight excluding hydrogens is 420 g/mol. The summed E-state index contributed by atoms with van der Waals surface area (Å²) in [4.78, 5) is 46.9. The lowest BCUT2D eigenvalue weighted by Crippen LogP contribution is -2.44. The molecule has 1 aromatic carbocycles. The molecule has 1 fully saturated rings. The predicted molar refractivity (Wildman–Crippen MR) is 113 cm³/mol. The van der Waals surface area contributed by atoms with Crippen LogP contribution < -0.4 is 16.3 Å². The van der Waals surface area contributed by atoms with E-state index < -0.39 is 18.0 Å². The Balaban J connectivity index is 1.64. The average molecular weight is 444 g/mol. The summed E-state index contributed by atoms with van der Waals surface area (Å²) in [6, 6.07) is 4.54. The first-order valence-corrected chi connectivity index (χ1v) is 10.0. The number of aromatic nitrogens is 2. The van der Waals surface area contributed by atoms with Crippen molar-refractivity contribution >= 4 is 28.9 Å². The Bertz CT molecular complexity index is 1140. The van der Waals surface area contributed by atoms with Crippen LogP contribution in [0.4, 0.5) is 4.79 Å². The van der Waals surface area contributed by atoms with Gasteiger partial charge in [-0.1, -0.05) is 17.9 Å². The van der Waals surface area contributed by atoms with Crippen molar-refractivity contribution in [1.29, 1.82) is 0 Å². The van der Waals surface area contributed by atoms with E-state index >= 15 is 0 Å². The minimum Gasteiger partial charge on any atom is -0.465 e. The van der Waals surface area contributed by atoms with E-state index in [0.717, 1.165) is 0 Å². The molecule has 2 aromatic rings. The van der Waals surface area contributed by atoms with Gasteiger partial charge in [-0.3, -0.25) is 24.0 Å². The second-order valence-corrected chi connectivity index (χ2v) is 7.05. The van der Waals surface area contributed by atoms with E-state index in [4.69, 9.17) is 14.6 Å². The molecule has 1 atom stereocenters. The van der Waals surface area contributed by atoms with Gasteiger partial charge in [0, 0.05) is 20.0 Å². The van der Waals surface area contributed by atoms with Crippen LogP contribution in [0.2, 0.25) is 0 Å². The van der Waals surface area contributed by atoms with Crippen molar-refractivity contribution in [3.05, 3.63) is 34.2 Å². The summed E-state index contributed by atoms with van der Waals surface area (Å²) in [5, 5.41) is 12.9. The molecule has 11 nitrogen and oxygen atoms in total. The van der Waals surface area contributed by atoms with Gasteiger partial charge in [0.15, 0.2) is 0 Å². The van der Waals surface area contributed by atoms with Crippen LogP contribution in [0.1, 0.15) is 24.4 Å². The first-order chi connectivity index (χ1) is 15.4. The molecular formula is C21H24N4O7. The van der Waals surface area contributed by atoms with Gasteiger partial charge in [0.2, 0.25) is 11.8 Å². The van der Waals surface area contributed by atoms with Gasteiger partial charge in [0.1, 0.15) is 12.6 Å². The Hall–Kier alpha value is -3.62. The number of benzene rings is 1. The summed E-state index contributed by atoms with van der Waals surface area (Å²) in [7, 11) is 1.62. The number of fused-ring (bicyclic) bond motifs is 1. The monoisotopic (exact) mass is 444 g/mol. The molecule has 32 heavy (non-hydrogen) atoms. The average Bonchev–Trinajstić information content (AvgIpc) is 3.00. The number of nitrogens with zero attached hydrogens (tertiary/aromatic N) is 2. The molecule has 0 bridgehead atoms. The minimum atomic E-state index is -1.10. The summed E-state index contributed by atoms with van der Waals surface area (Å²) in [5.41, 5.74) is 1.44. The highest BCUT2D eigenvalue weighted by Gasteiger charge is 2.31. The molecule has 170 valence electrons. The Morgan fingerprint density at radius 3 is 2.78 bits per heavy atom. The molecule has 0 spiro atoms. The largest absolute Gasteiger partial charge is 0.465 e. The van der Waals surface area contributed by atoms with Crippen LogP contribution in [0.25, 0.3) is 11.0 Å². The van der Waals surface area contributed by atoms with Gasteiger partial charge in [-0.25, -0.2) is 9.59 Å². The summed E-state index contributed by atoms with van der Waals surface area (Å²) >= 11 is 0. The zero-order chi connectivity index (χ0) is 23.1. The molecule has 0 aliphatic carbocycles. The van der Waals surface area contributed by atoms with E-state index in [1.165, 1.54) is 9.13 Å². The molecule has 0 saturated carbocycles. The Morgan fingerprint density at radius 2 is 2.03 bits per heavy atom. The number of nitrogens with one attached hydrogen (secondary N) is 2. The van der Waals surface area contributed by atoms with Crippen molar-refractivity contribution in [3.63, 3.8) is 0 Å². The van der Waals surface area contributed by atoms with Crippen LogP contribution in [0, 0.1) is 11.8 Å². The molecule has 1 unspecified atom stereocenters. The van der Waals surface area contributed by atoms with Crippen molar-refractivity contribution in [2.24, 2.45) is 7.05 Å². The van der Waals surface area contributed by atoms with E-state index in [-0.39, 0.29) is 44.2 Å². The first-order valence-electron chi connectivity index (χ1n) is 10.0. The van der Waals surface area contributed by atoms with E-state index in [9.17, 15) is 19.2 Å². The van der Waals surface area contributed by atoms with Crippen molar-refractivity contribution in [2.75, 3.05) is 33.0 Å². The highest BCUT2D eigenvalue weighted by molar-refractivity contribution is 6.00. The summed E-state index contributed by atoms with van der Waals surface area (Å²) in [5.74, 6) is 5.07. The number of imide groups is 1. The summed E-state index contributed by atoms with van der Waals surface area (Å²) < 4.78 is 13.5. The van der Waals surface area contributed by atoms with Crippen LogP contribution in [0.3, 0.4) is 0 Å². The molecule has 3 amide bonds. The van der Waals surface area contributed by atoms with Crippen molar-refractivity contribution in [1.82, 2.24) is 19.8 Å². The van der Waals surface area contributed by atoms with Crippen LogP contribution in [-0.4, -0.2) is 65.1 Å². The lowest BCUT2D eigenvalue weighted by Gasteiger charge is -2.21. The molecule has 0 radical (unpaired) electrons. The maximum Gasteiger partial charge on any atom is 0.404 e. The number of ether oxygens (including phenoxy) is 2. The summed E-state index contributed by atoms with van der Waals surface area (Å²) in [6.45, 7) is 1.21. The quantitative estimate of drug-likeness (QED) is 0.295. The van der Waals surface area contributed by atoms with Gasteiger partial charge < -0.3 is 19.9 Å². The van der Waals surface area contributed by atoms with Gasteiger partial charge in [-0.15, -0.1) is 0 Å². The van der Waals surface area contributed by atoms with E-state index in [0.29, 0.717) is 29.8 Å². The number of hydrogen-bond donors (Lipinski definition) is 3. The maximum absolute atomic E-state index is 12.9. The van der Waals surface area contributed by atoms with Crippen molar-refractivity contribution < 1.29 is 29.0 Å². The molecule has 1 aliphatic heterocycles. The summed E-state index contributed by atoms with van der Waals surface area (Å²) in [6.07, 6.45) is -0.655. The van der Waals surface area contributed by atoms with Gasteiger partial charge in [0.05, 0.1) is 36.4 Å². The minimum absolute atomic E-state index is 0.148. The lowest BCUT2D eigenvalue weighted by molar-refractivity contribution is -0.135. The number of rotatable bonds is 8. The molecule has 1 saturated heterocycles. The normalized spacial score (nSPS) is 15.8. The SMILES string of the molecule is Cn1c(=O)n(C2CCC(=O)NC2=O)c2cccc(C#CCOCCOCCNC(=O)O)c21. The fourth-order valence-corrected chi connectivity index (χ4v) is 3.47. The van der Waals surface area contributed by atoms with Gasteiger partial charge in [0.25, 0.3) is 0 Å². The highest BCUT2D eigenvalue weighted by Crippen LogP contribution is 2.24. The Labute approximate surface area is 183 Å². The number of carbonyl (C=O) groups is 3. The standard InChI is InChI=1S/C21H24N4O7/c1-24-18-14(5-3-10-31-12-13-32-11-9-22-20(28)29)4-2-6-15(18)25(21(24)30)16-7-8-17(26)23-19(16)27/h2,4,6,16,22H,7-13H2,1H3,(H,28,29)(H,23,26,27). The number of imidazole rings is 1. The maximum atomic E-state index is 12.9. The number of hydrogen-bond acceptors (Lipinski definition) is 6. The topological polar surface area (TPSA) is 141 Å². The Kier molecular flexibility index (Phi) is 7.64. The number of carboxylic acid groups (broad SMARTS) is 1. The Morgan fingerprint density at radius 1 is 1.25 bits per heavy atom. The number of carbonyl (C=O) groups excluding carboxylic acids is 2. The zero-order valence-electron chi connectivity index (χ0n) is 17.6. The fraction of sp³-hybridized carbons (Fsp3) is 0.429. The van der Waals surface area contributed by atoms with Gasteiger partial charge >= 0.3 is 11.8 Å². The van der Waals surface area contributed by atoms with E-state index in [1.54, 1.807) is 25.2 Å². The van der Waals surface area contributed by atoms with E-state index in [1.807, 2.05) is 0 Å². The lowest BCUT2D eigenvalue weighted by atomic mass is 10.1. The zero-order valence-corrected chi connectivity index (χ0v) is 17.6. The van der Waals surface area contributed by atoms with Crippen molar-refractivity contribution in [2.45, 2.75) is 18.9 Å². The molecule has 3 rings (SSSR count). The third-order valence-corrected chi connectivity index (χ3v) is 4.92. The molecule has 1 aromatic heterocycles. The fourth-order valence-electron chi connectivity index (χ4n) is 3.47. The van der Waals surface area contributed by atoms with Crippen LogP contribution in [-0.2, 0) is 26.1 Å². The molecule has 3 N–H and O–H groups in total. The molecule has 11 heteroatoms. The number of amides is 3. The van der Waals surface area contributed by atoms with Crippen LogP contribution in [0.5, 0.6) is 0 Å². The predicted octanol–water partition coefficient (Wildman–Crippen LogP) is -0.0300. The number of para-hydroxylation sites is 1. The smallest absolute Gasteiger partial charge is 0.404 e. The van der Waals surface area contributed by atoms with Gasteiger partial charge in [-0.05, 0) is 18.6 Å². The number of aryl methyl sites for hydroxylation is 1. The van der Waals surface area contributed by atoms with Crippen LogP contribution >= 0.6 is 0 Å². The third-order valence-electron chi connectivity index (χ3n) is 4.92. The molecule has 2 heterocycles. The van der Waals surface area contributed by atoms with Crippen molar-refractivity contribution in [3.8, 4) is 11.8 Å². The third kappa shape index (κ3) is 5.35. The molecule has 1 aliphatic rings. The van der Waals surface area contributed by atoms with Gasteiger partial charge in [-0.2, -0.15) is 0 Å². The first kappa shape index (κ1) is 23.1. The second-order valence-electron chi connectivity index (χ2n) is 7.05. The van der Waals surface area contributed by atoms with Crippen LogP contribution in [0.15, 0.2) is 23.0 Å². The number of piperidine rings is 1.